The third kappa shape index (κ3) is 3.45. The first-order chi connectivity index (χ1) is 9.26. The van der Waals surface area contributed by atoms with Gasteiger partial charge in [0.15, 0.2) is 0 Å². The van der Waals surface area contributed by atoms with Crippen LogP contribution < -0.4 is 10.2 Å². The smallest absolute Gasteiger partial charge is 0.318 e. The Morgan fingerprint density at radius 1 is 1.42 bits per heavy atom. The van der Waals surface area contributed by atoms with E-state index in [1.165, 1.54) is 12.8 Å². The van der Waals surface area contributed by atoms with Crippen LogP contribution in [0.15, 0.2) is 4.42 Å². The van der Waals surface area contributed by atoms with E-state index in [-0.39, 0.29) is 12.6 Å². The zero-order valence-corrected chi connectivity index (χ0v) is 11.8. The SMILES string of the molecule is CCNC(C)c1nnc(N(CCO)C2CCCC2)o1. The van der Waals surface area contributed by atoms with E-state index in [1.807, 2.05) is 13.8 Å². The van der Waals surface area contributed by atoms with Gasteiger partial charge in [0.05, 0.1) is 12.6 Å². The molecule has 1 aliphatic carbocycles. The molecule has 1 aromatic heterocycles. The van der Waals surface area contributed by atoms with Gasteiger partial charge in [-0.25, -0.2) is 0 Å². The fourth-order valence-electron chi connectivity index (χ4n) is 2.67. The minimum absolute atomic E-state index is 0.0609. The van der Waals surface area contributed by atoms with Crippen molar-refractivity contribution in [3.05, 3.63) is 5.89 Å². The van der Waals surface area contributed by atoms with Crippen molar-refractivity contribution in [2.75, 3.05) is 24.6 Å². The van der Waals surface area contributed by atoms with Gasteiger partial charge in [-0.2, -0.15) is 0 Å². The molecule has 0 amide bonds. The van der Waals surface area contributed by atoms with Gasteiger partial charge in [-0.3, -0.25) is 0 Å². The fourth-order valence-corrected chi connectivity index (χ4v) is 2.67. The summed E-state index contributed by atoms with van der Waals surface area (Å²) in [6, 6.07) is 1.03. The van der Waals surface area contributed by atoms with Gasteiger partial charge in [0, 0.05) is 12.6 Å². The monoisotopic (exact) mass is 268 g/mol. The molecule has 2 N–H and O–H groups in total. The molecule has 1 aromatic rings. The Labute approximate surface area is 114 Å². The molecule has 1 aliphatic rings. The van der Waals surface area contributed by atoms with Crippen LogP contribution in [0, 0.1) is 0 Å². The molecule has 0 aliphatic heterocycles. The van der Waals surface area contributed by atoms with Crippen LogP contribution >= 0.6 is 0 Å². The van der Waals surface area contributed by atoms with Gasteiger partial charge in [-0.05, 0) is 26.3 Å². The normalized spacial score (nSPS) is 17.8. The first-order valence-corrected chi connectivity index (χ1v) is 7.20. The molecule has 0 radical (unpaired) electrons. The Hall–Kier alpha value is -1.14. The number of nitrogens with zero attached hydrogens (tertiary/aromatic N) is 3. The lowest BCUT2D eigenvalue weighted by atomic mass is 10.2. The average Bonchev–Trinajstić information content (AvgIpc) is 3.08. The molecule has 0 aromatic carbocycles. The van der Waals surface area contributed by atoms with Crippen LogP contribution in [0.5, 0.6) is 0 Å². The molecule has 0 bridgehead atoms. The molecule has 1 atom stereocenters. The number of aliphatic hydroxyl groups is 1. The second-order valence-corrected chi connectivity index (χ2v) is 5.06. The number of aromatic nitrogens is 2. The van der Waals surface area contributed by atoms with E-state index in [4.69, 9.17) is 4.42 Å². The summed E-state index contributed by atoms with van der Waals surface area (Å²) in [4.78, 5) is 2.06. The number of rotatable bonds is 7. The van der Waals surface area contributed by atoms with E-state index in [0.29, 0.717) is 24.5 Å². The topological polar surface area (TPSA) is 74.4 Å². The minimum atomic E-state index is 0.0609. The maximum absolute atomic E-state index is 9.21. The van der Waals surface area contributed by atoms with Gasteiger partial charge in [0.25, 0.3) is 0 Å². The van der Waals surface area contributed by atoms with E-state index in [0.717, 1.165) is 19.4 Å². The summed E-state index contributed by atoms with van der Waals surface area (Å²) >= 11 is 0. The van der Waals surface area contributed by atoms with E-state index >= 15 is 0 Å². The Morgan fingerprint density at radius 2 is 2.16 bits per heavy atom. The summed E-state index contributed by atoms with van der Waals surface area (Å²) in [7, 11) is 0. The summed E-state index contributed by atoms with van der Waals surface area (Å²) in [5, 5.41) is 20.7. The number of nitrogens with one attached hydrogen (secondary N) is 1. The summed E-state index contributed by atoms with van der Waals surface area (Å²) in [5.74, 6) is 0.609. The molecule has 19 heavy (non-hydrogen) atoms. The third-order valence-corrected chi connectivity index (χ3v) is 3.66. The molecule has 0 saturated heterocycles. The maximum Gasteiger partial charge on any atom is 0.318 e. The summed E-state index contributed by atoms with van der Waals surface area (Å²) in [6.45, 7) is 5.58. The van der Waals surface area contributed by atoms with Gasteiger partial charge < -0.3 is 19.7 Å². The number of anilines is 1. The number of hydrogen-bond donors (Lipinski definition) is 2. The summed E-state index contributed by atoms with van der Waals surface area (Å²) in [6.07, 6.45) is 4.75. The highest BCUT2D eigenvalue weighted by Gasteiger charge is 2.26. The molecule has 6 nitrogen and oxygen atoms in total. The van der Waals surface area contributed by atoms with Crippen molar-refractivity contribution >= 4 is 6.01 Å². The maximum atomic E-state index is 9.21. The van der Waals surface area contributed by atoms with Crippen molar-refractivity contribution < 1.29 is 9.52 Å². The first-order valence-electron chi connectivity index (χ1n) is 7.20. The van der Waals surface area contributed by atoms with Gasteiger partial charge in [-0.1, -0.05) is 24.9 Å². The standard InChI is InChI=1S/C13H24N4O2/c1-3-14-10(2)12-15-16-13(19-12)17(8-9-18)11-6-4-5-7-11/h10-11,14,18H,3-9H2,1-2H3. The lowest BCUT2D eigenvalue weighted by Gasteiger charge is -2.25. The predicted octanol–water partition coefficient (Wildman–Crippen LogP) is 1.48. The van der Waals surface area contributed by atoms with Crippen molar-refractivity contribution in [3.8, 4) is 0 Å². The van der Waals surface area contributed by atoms with Crippen LogP contribution in [-0.2, 0) is 0 Å². The molecule has 2 rings (SSSR count). The Balaban J connectivity index is 2.08. The van der Waals surface area contributed by atoms with Gasteiger partial charge >= 0.3 is 6.01 Å². The van der Waals surface area contributed by atoms with E-state index in [9.17, 15) is 5.11 Å². The highest BCUT2D eigenvalue weighted by molar-refractivity contribution is 5.27. The predicted molar refractivity (Wildman–Crippen MR) is 73.1 cm³/mol. The molecule has 1 heterocycles. The van der Waals surface area contributed by atoms with Gasteiger partial charge in [-0.15, -0.1) is 5.10 Å². The van der Waals surface area contributed by atoms with Gasteiger partial charge in [0.2, 0.25) is 5.89 Å². The highest BCUT2D eigenvalue weighted by Crippen LogP contribution is 2.28. The molecular formula is C13H24N4O2. The molecule has 1 fully saturated rings. The van der Waals surface area contributed by atoms with Crippen LogP contribution in [0.3, 0.4) is 0 Å². The zero-order chi connectivity index (χ0) is 13.7. The second-order valence-electron chi connectivity index (χ2n) is 5.06. The highest BCUT2D eigenvalue weighted by atomic mass is 16.4. The molecule has 6 heteroatoms. The fraction of sp³-hybridized carbons (Fsp3) is 0.846. The van der Waals surface area contributed by atoms with E-state index in [2.05, 4.69) is 20.4 Å². The summed E-state index contributed by atoms with van der Waals surface area (Å²) in [5.41, 5.74) is 0. The average molecular weight is 268 g/mol. The summed E-state index contributed by atoms with van der Waals surface area (Å²) < 4.78 is 5.76. The van der Waals surface area contributed by atoms with Crippen LogP contribution in [0.1, 0.15) is 51.5 Å². The first kappa shape index (κ1) is 14.3. The van der Waals surface area contributed by atoms with Crippen molar-refractivity contribution in [1.82, 2.24) is 15.5 Å². The largest absolute Gasteiger partial charge is 0.406 e. The van der Waals surface area contributed by atoms with Crippen molar-refractivity contribution in [2.45, 2.75) is 51.6 Å². The molecule has 1 unspecified atom stereocenters. The van der Waals surface area contributed by atoms with Crippen molar-refractivity contribution in [2.24, 2.45) is 0 Å². The Bertz CT molecular complexity index is 376. The van der Waals surface area contributed by atoms with Crippen LogP contribution in [0.25, 0.3) is 0 Å². The molecular weight excluding hydrogens is 244 g/mol. The second kappa shape index (κ2) is 6.86. The number of aliphatic hydroxyl groups excluding tert-OH is 1. The zero-order valence-electron chi connectivity index (χ0n) is 11.8. The molecule has 108 valence electrons. The van der Waals surface area contributed by atoms with Crippen LogP contribution in [0.4, 0.5) is 6.01 Å². The minimum Gasteiger partial charge on any atom is -0.406 e. The quantitative estimate of drug-likeness (QED) is 0.780. The number of hydrogen-bond acceptors (Lipinski definition) is 6. The Morgan fingerprint density at radius 3 is 2.79 bits per heavy atom. The molecule has 0 spiro atoms. The van der Waals surface area contributed by atoms with Crippen molar-refractivity contribution in [3.63, 3.8) is 0 Å². The van der Waals surface area contributed by atoms with Crippen LogP contribution in [0.2, 0.25) is 0 Å². The van der Waals surface area contributed by atoms with E-state index < -0.39 is 0 Å². The third-order valence-electron chi connectivity index (χ3n) is 3.66. The Kier molecular flexibility index (Phi) is 5.15. The van der Waals surface area contributed by atoms with Crippen LogP contribution in [-0.4, -0.2) is 41.0 Å². The van der Waals surface area contributed by atoms with E-state index in [1.54, 1.807) is 0 Å². The van der Waals surface area contributed by atoms with Crippen molar-refractivity contribution in [1.29, 1.82) is 0 Å². The van der Waals surface area contributed by atoms with Gasteiger partial charge in [0.1, 0.15) is 0 Å². The lowest BCUT2D eigenvalue weighted by molar-refractivity contribution is 0.291. The lowest BCUT2D eigenvalue weighted by Crippen LogP contribution is -2.35. The molecule has 1 saturated carbocycles.